The van der Waals surface area contributed by atoms with Crippen LogP contribution in [0.5, 0.6) is 5.75 Å². The maximum absolute atomic E-state index is 10.8. The number of hydrogen-bond donors (Lipinski definition) is 2. The van der Waals surface area contributed by atoms with Crippen molar-refractivity contribution >= 4 is 10.9 Å². The molecule has 3 heterocycles. The molecular weight excluding hydrogens is 312 g/mol. The molecule has 1 aliphatic heterocycles. The molecule has 0 aliphatic carbocycles. The average Bonchev–Trinajstić information content (AvgIpc) is 3.14. The van der Waals surface area contributed by atoms with E-state index in [1.54, 1.807) is 17.3 Å². The van der Waals surface area contributed by atoms with E-state index in [0.717, 1.165) is 30.0 Å². The molecule has 1 aromatic carbocycles. The highest BCUT2D eigenvalue weighted by atomic mass is 16.3. The Morgan fingerprint density at radius 2 is 2.08 bits per heavy atom. The number of hydrogen-bond acceptors (Lipinski definition) is 3. The highest BCUT2D eigenvalue weighted by molar-refractivity contribution is 5.88. The molecule has 2 aromatic heterocycles. The van der Waals surface area contributed by atoms with E-state index >= 15 is 0 Å². The lowest BCUT2D eigenvalue weighted by molar-refractivity contribution is -0.919. The number of pyridine rings is 1. The number of aromatic nitrogens is 3. The molecular formula is C20H25N4O+. The fourth-order valence-electron chi connectivity index (χ4n) is 3.82. The van der Waals surface area contributed by atoms with E-state index in [1.165, 1.54) is 31.5 Å². The first-order valence-electron chi connectivity index (χ1n) is 9.08. The topological polar surface area (TPSA) is 55.4 Å². The predicted octanol–water partition coefficient (Wildman–Crippen LogP) is 2.00. The molecule has 5 nitrogen and oxygen atoms in total. The molecule has 1 fully saturated rings. The van der Waals surface area contributed by atoms with Gasteiger partial charge in [-0.2, -0.15) is 0 Å². The van der Waals surface area contributed by atoms with Gasteiger partial charge in [0.1, 0.15) is 12.1 Å². The van der Waals surface area contributed by atoms with Gasteiger partial charge in [-0.05, 0) is 36.5 Å². The van der Waals surface area contributed by atoms with Crippen molar-refractivity contribution in [2.24, 2.45) is 5.92 Å². The number of benzene rings is 1. The zero-order valence-electron chi connectivity index (χ0n) is 14.7. The summed E-state index contributed by atoms with van der Waals surface area (Å²) in [6, 6.07) is 6.12. The van der Waals surface area contributed by atoms with Crippen LogP contribution < -0.4 is 4.90 Å². The standard InChI is InChI=1S/C20H24N4O/c1-15-4-8-23(9-5-15)13-17-11-16(12-24-10-7-21-14-24)18-3-2-6-22-19(18)20(17)25/h2-3,6-7,10-11,14-15,25H,4-5,8-9,12-13H2,1H3/p+1. The molecule has 1 aliphatic rings. The Balaban J connectivity index is 1.69. The van der Waals surface area contributed by atoms with E-state index < -0.39 is 0 Å². The van der Waals surface area contributed by atoms with Crippen molar-refractivity contribution in [3.8, 4) is 5.75 Å². The Hall–Kier alpha value is -2.40. The van der Waals surface area contributed by atoms with Crippen molar-refractivity contribution in [3.05, 3.63) is 54.2 Å². The highest BCUT2D eigenvalue weighted by Gasteiger charge is 2.22. The summed E-state index contributed by atoms with van der Waals surface area (Å²) in [6.45, 7) is 6.29. The first-order chi connectivity index (χ1) is 12.2. The summed E-state index contributed by atoms with van der Waals surface area (Å²) in [6.07, 6.45) is 9.87. The Kier molecular flexibility index (Phi) is 4.40. The predicted molar refractivity (Wildman–Crippen MR) is 97.5 cm³/mol. The first-order valence-corrected chi connectivity index (χ1v) is 9.08. The second-order valence-electron chi connectivity index (χ2n) is 7.29. The summed E-state index contributed by atoms with van der Waals surface area (Å²) in [5.74, 6) is 1.17. The molecule has 0 radical (unpaired) electrons. The van der Waals surface area contributed by atoms with Crippen LogP contribution in [0.1, 0.15) is 30.9 Å². The largest absolute Gasteiger partial charge is 0.505 e. The molecule has 0 atom stereocenters. The molecule has 1 saturated heterocycles. The number of phenols is 1. The first kappa shape index (κ1) is 16.1. The molecule has 0 amide bonds. The minimum Gasteiger partial charge on any atom is -0.505 e. The quantitative estimate of drug-likeness (QED) is 0.766. The Bertz CT molecular complexity index is 852. The van der Waals surface area contributed by atoms with Gasteiger partial charge >= 0.3 is 0 Å². The lowest BCUT2D eigenvalue weighted by atomic mass is 9.97. The molecule has 0 spiro atoms. The number of nitrogens with zero attached hydrogens (tertiary/aromatic N) is 3. The van der Waals surface area contributed by atoms with Gasteiger partial charge in [0, 0.05) is 30.5 Å². The average molecular weight is 337 g/mol. The summed E-state index contributed by atoms with van der Waals surface area (Å²) >= 11 is 0. The maximum atomic E-state index is 10.8. The molecule has 0 saturated carbocycles. The van der Waals surface area contributed by atoms with Crippen LogP contribution in [-0.4, -0.2) is 32.7 Å². The van der Waals surface area contributed by atoms with Gasteiger partial charge in [0.2, 0.25) is 0 Å². The molecule has 25 heavy (non-hydrogen) atoms. The molecule has 5 heteroatoms. The number of imidazole rings is 1. The molecule has 0 unspecified atom stereocenters. The van der Waals surface area contributed by atoms with Crippen LogP contribution in [0.4, 0.5) is 0 Å². The van der Waals surface area contributed by atoms with Crippen LogP contribution in [-0.2, 0) is 13.1 Å². The van der Waals surface area contributed by atoms with Crippen LogP contribution in [0, 0.1) is 5.92 Å². The summed E-state index contributed by atoms with van der Waals surface area (Å²) in [7, 11) is 0. The minimum atomic E-state index is 0.344. The minimum absolute atomic E-state index is 0.344. The maximum Gasteiger partial charge on any atom is 0.150 e. The summed E-state index contributed by atoms with van der Waals surface area (Å²) in [5, 5.41) is 11.8. The van der Waals surface area contributed by atoms with Gasteiger partial charge in [0.15, 0.2) is 5.75 Å². The fraction of sp³-hybridized carbons (Fsp3) is 0.400. The van der Waals surface area contributed by atoms with Crippen LogP contribution in [0.25, 0.3) is 10.9 Å². The van der Waals surface area contributed by atoms with E-state index in [4.69, 9.17) is 0 Å². The Morgan fingerprint density at radius 1 is 1.24 bits per heavy atom. The zero-order valence-corrected chi connectivity index (χ0v) is 14.7. The lowest BCUT2D eigenvalue weighted by Gasteiger charge is -2.27. The van der Waals surface area contributed by atoms with Gasteiger partial charge in [0.25, 0.3) is 0 Å². The SMILES string of the molecule is CC1CC[NH+](Cc2cc(Cn3ccnc3)c3cccnc3c2O)CC1. The highest BCUT2D eigenvalue weighted by Crippen LogP contribution is 2.30. The molecule has 0 bridgehead atoms. The van der Waals surface area contributed by atoms with E-state index in [9.17, 15) is 5.11 Å². The molecule has 2 N–H and O–H groups in total. The van der Waals surface area contributed by atoms with Crippen molar-refractivity contribution < 1.29 is 10.0 Å². The van der Waals surface area contributed by atoms with Crippen molar-refractivity contribution in [2.45, 2.75) is 32.9 Å². The monoisotopic (exact) mass is 337 g/mol. The second kappa shape index (κ2) is 6.84. The van der Waals surface area contributed by atoms with E-state index in [-0.39, 0.29) is 0 Å². The summed E-state index contributed by atoms with van der Waals surface area (Å²) in [5.41, 5.74) is 2.89. The van der Waals surface area contributed by atoms with Gasteiger partial charge in [0.05, 0.1) is 25.0 Å². The number of piperidine rings is 1. The normalized spacial score (nSPS) is 20.8. The van der Waals surface area contributed by atoms with E-state index in [1.807, 2.05) is 24.7 Å². The molecule has 4 rings (SSSR count). The van der Waals surface area contributed by atoms with Crippen LogP contribution in [0.15, 0.2) is 43.1 Å². The lowest BCUT2D eigenvalue weighted by Crippen LogP contribution is -3.11. The number of likely N-dealkylation sites (tertiary alicyclic amines) is 1. The number of quaternary nitrogens is 1. The Labute approximate surface area is 147 Å². The molecule has 3 aromatic rings. The zero-order chi connectivity index (χ0) is 17.2. The number of fused-ring (bicyclic) bond motifs is 1. The van der Waals surface area contributed by atoms with Crippen molar-refractivity contribution in [1.29, 1.82) is 0 Å². The van der Waals surface area contributed by atoms with Crippen molar-refractivity contribution in [3.63, 3.8) is 0 Å². The smallest absolute Gasteiger partial charge is 0.150 e. The van der Waals surface area contributed by atoms with Gasteiger partial charge in [-0.25, -0.2) is 4.98 Å². The van der Waals surface area contributed by atoms with E-state index in [2.05, 4.69) is 27.5 Å². The van der Waals surface area contributed by atoms with Gasteiger partial charge < -0.3 is 14.6 Å². The summed E-state index contributed by atoms with van der Waals surface area (Å²) in [4.78, 5) is 10.1. The fourth-order valence-corrected chi connectivity index (χ4v) is 3.82. The number of nitrogens with one attached hydrogen (secondary N) is 1. The third-order valence-corrected chi connectivity index (χ3v) is 5.36. The van der Waals surface area contributed by atoms with Gasteiger partial charge in [-0.1, -0.05) is 13.0 Å². The summed E-state index contributed by atoms with van der Waals surface area (Å²) < 4.78 is 2.05. The Morgan fingerprint density at radius 3 is 2.84 bits per heavy atom. The van der Waals surface area contributed by atoms with Crippen LogP contribution in [0.3, 0.4) is 0 Å². The van der Waals surface area contributed by atoms with Crippen LogP contribution >= 0.6 is 0 Å². The van der Waals surface area contributed by atoms with Crippen molar-refractivity contribution in [1.82, 2.24) is 14.5 Å². The number of rotatable bonds is 4. The third kappa shape index (κ3) is 3.37. The van der Waals surface area contributed by atoms with Gasteiger partial charge in [-0.3, -0.25) is 4.98 Å². The number of phenolic OH excluding ortho intramolecular Hbond substituents is 1. The second-order valence-corrected chi connectivity index (χ2v) is 7.29. The molecule has 130 valence electrons. The van der Waals surface area contributed by atoms with Gasteiger partial charge in [-0.15, -0.1) is 0 Å². The number of aromatic hydroxyl groups is 1. The van der Waals surface area contributed by atoms with E-state index in [0.29, 0.717) is 11.3 Å². The third-order valence-electron chi connectivity index (χ3n) is 5.36. The van der Waals surface area contributed by atoms with Crippen molar-refractivity contribution in [2.75, 3.05) is 13.1 Å². The van der Waals surface area contributed by atoms with Crippen LogP contribution in [0.2, 0.25) is 0 Å².